The van der Waals surface area contributed by atoms with Crippen LogP contribution in [-0.2, 0) is 14.2 Å². The Bertz CT molecular complexity index is 417. The lowest BCUT2D eigenvalue weighted by molar-refractivity contribution is -0.211. The lowest BCUT2D eigenvalue weighted by Gasteiger charge is -2.57. The van der Waals surface area contributed by atoms with Crippen molar-refractivity contribution in [2.75, 3.05) is 39.5 Å². The number of piperidine rings is 1. The molecule has 2 atom stereocenters. The Hall–Kier alpha value is -0.200. The second-order valence-electron chi connectivity index (χ2n) is 8.28. The molecule has 0 amide bonds. The van der Waals surface area contributed by atoms with Crippen LogP contribution in [0.3, 0.4) is 0 Å². The summed E-state index contributed by atoms with van der Waals surface area (Å²) in [5, 5.41) is 10.3. The summed E-state index contributed by atoms with van der Waals surface area (Å²) in [6.07, 6.45) is 7.68. The minimum atomic E-state index is -0.233. The van der Waals surface area contributed by atoms with Gasteiger partial charge in [-0.05, 0) is 51.6 Å². The van der Waals surface area contributed by atoms with Gasteiger partial charge in [0.25, 0.3) is 0 Å². The molecule has 2 aliphatic carbocycles. The Morgan fingerprint density at radius 1 is 1.08 bits per heavy atom. The molecule has 0 unspecified atom stereocenters. The molecule has 5 heteroatoms. The highest BCUT2D eigenvalue weighted by atomic mass is 16.7. The monoisotopic (exact) mass is 339 g/mol. The maximum atomic E-state index is 10.3. The second-order valence-corrected chi connectivity index (χ2v) is 8.28. The molecule has 1 N–H and O–H groups in total. The largest absolute Gasteiger partial charge is 0.392 e. The van der Waals surface area contributed by atoms with Gasteiger partial charge in [-0.1, -0.05) is 0 Å². The predicted octanol–water partition coefficient (Wildman–Crippen LogP) is 2.17. The molecule has 5 nitrogen and oxygen atoms in total. The highest BCUT2D eigenvalue weighted by molar-refractivity contribution is 5.06. The van der Waals surface area contributed by atoms with Gasteiger partial charge in [0.1, 0.15) is 0 Å². The average Bonchev–Trinajstić information content (AvgIpc) is 3.06. The smallest absolute Gasteiger partial charge is 0.168 e. The molecule has 0 aromatic carbocycles. The molecule has 0 aromatic heterocycles. The normalized spacial score (nSPS) is 36.2. The topological polar surface area (TPSA) is 51.2 Å². The fourth-order valence-corrected chi connectivity index (χ4v) is 5.42. The third-order valence-electron chi connectivity index (χ3n) is 7.09. The molecule has 0 bridgehead atoms. The van der Waals surface area contributed by atoms with E-state index < -0.39 is 0 Å². The van der Waals surface area contributed by atoms with Crippen LogP contribution in [0.1, 0.15) is 51.9 Å². The zero-order valence-corrected chi connectivity index (χ0v) is 15.0. The van der Waals surface area contributed by atoms with E-state index in [0.29, 0.717) is 0 Å². The van der Waals surface area contributed by atoms with Crippen LogP contribution in [0.4, 0.5) is 0 Å². The number of aliphatic hydroxyl groups is 1. The molecular formula is C19H33NO4. The van der Waals surface area contributed by atoms with E-state index in [4.69, 9.17) is 14.2 Å². The fraction of sp³-hybridized carbons (Fsp3) is 1.00. The van der Waals surface area contributed by atoms with Crippen LogP contribution in [0.25, 0.3) is 0 Å². The molecule has 0 radical (unpaired) electrons. The van der Waals surface area contributed by atoms with Crippen molar-refractivity contribution in [1.82, 2.24) is 4.90 Å². The first-order chi connectivity index (χ1) is 11.7. The zero-order valence-electron chi connectivity index (χ0n) is 15.0. The molecule has 2 saturated heterocycles. The van der Waals surface area contributed by atoms with Crippen molar-refractivity contribution in [3.63, 3.8) is 0 Å². The van der Waals surface area contributed by atoms with Gasteiger partial charge in [0.15, 0.2) is 5.79 Å². The number of likely N-dealkylation sites (tertiary alicyclic amines) is 1. The maximum Gasteiger partial charge on any atom is 0.168 e. The number of ether oxygens (including phenoxy) is 3. The Balaban J connectivity index is 1.24. The molecule has 2 saturated carbocycles. The van der Waals surface area contributed by atoms with E-state index in [0.717, 1.165) is 70.9 Å². The predicted molar refractivity (Wildman–Crippen MR) is 90.7 cm³/mol. The van der Waals surface area contributed by atoms with Gasteiger partial charge in [-0.3, -0.25) is 0 Å². The molecule has 24 heavy (non-hydrogen) atoms. The molecule has 4 fully saturated rings. The Morgan fingerprint density at radius 3 is 2.33 bits per heavy atom. The summed E-state index contributed by atoms with van der Waals surface area (Å²) in [6, 6.07) is 0. The summed E-state index contributed by atoms with van der Waals surface area (Å²) in [6.45, 7) is 7.76. The summed E-state index contributed by atoms with van der Waals surface area (Å²) in [7, 11) is 0. The third-order valence-corrected chi connectivity index (χ3v) is 7.09. The Kier molecular flexibility index (Phi) is 4.91. The molecule has 138 valence electrons. The van der Waals surface area contributed by atoms with E-state index >= 15 is 0 Å². The van der Waals surface area contributed by atoms with E-state index in [-0.39, 0.29) is 23.4 Å². The van der Waals surface area contributed by atoms with E-state index in [1.165, 1.54) is 19.4 Å². The van der Waals surface area contributed by atoms with Crippen molar-refractivity contribution in [2.45, 2.75) is 69.9 Å². The van der Waals surface area contributed by atoms with Gasteiger partial charge in [-0.2, -0.15) is 0 Å². The van der Waals surface area contributed by atoms with Gasteiger partial charge in [-0.15, -0.1) is 0 Å². The van der Waals surface area contributed by atoms with E-state index in [1.54, 1.807) is 0 Å². The first kappa shape index (κ1) is 17.2. The van der Waals surface area contributed by atoms with E-state index in [1.807, 2.05) is 0 Å². The highest BCUT2D eigenvalue weighted by Crippen LogP contribution is 2.51. The molecule has 2 spiro atoms. The van der Waals surface area contributed by atoms with Gasteiger partial charge in [0, 0.05) is 37.8 Å². The van der Waals surface area contributed by atoms with Gasteiger partial charge in [-0.25, -0.2) is 0 Å². The summed E-state index contributed by atoms with van der Waals surface area (Å²) >= 11 is 0. The van der Waals surface area contributed by atoms with Crippen LogP contribution in [0.5, 0.6) is 0 Å². The molecule has 0 aromatic rings. The minimum Gasteiger partial charge on any atom is -0.392 e. The first-order valence-corrected chi connectivity index (χ1v) is 9.96. The van der Waals surface area contributed by atoms with Crippen molar-refractivity contribution in [3.8, 4) is 0 Å². The number of aliphatic hydroxyl groups excluding tert-OH is 1. The summed E-state index contributed by atoms with van der Waals surface area (Å²) in [5.74, 6) is 0.537. The van der Waals surface area contributed by atoms with Crippen LogP contribution < -0.4 is 0 Å². The SMILES string of the molecule is CCO[C@H]1C[C@@H](O)C12CCN(CC1CCC3(CC1)OCCO3)CC2. The Morgan fingerprint density at radius 2 is 1.75 bits per heavy atom. The quantitative estimate of drug-likeness (QED) is 0.851. The van der Waals surface area contributed by atoms with Gasteiger partial charge >= 0.3 is 0 Å². The standard InChI is InChI=1S/C19H33NO4/c1-2-22-17-13-16(21)18(17)7-9-20(10-8-18)14-15-3-5-19(6-4-15)23-11-12-24-19/h15-17,21H,2-14H2,1H3/t16-,17+/m1/s1. The van der Waals surface area contributed by atoms with Gasteiger partial charge in [0.05, 0.1) is 25.4 Å². The number of hydrogen-bond donors (Lipinski definition) is 1. The van der Waals surface area contributed by atoms with Crippen molar-refractivity contribution >= 4 is 0 Å². The van der Waals surface area contributed by atoms with E-state index in [9.17, 15) is 5.11 Å². The molecule has 2 aliphatic heterocycles. The average molecular weight is 339 g/mol. The summed E-state index contributed by atoms with van der Waals surface area (Å²) in [4.78, 5) is 2.61. The molecule has 4 aliphatic rings. The van der Waals surface area contributed by atoms with Crippen molar-refractivity contribution < 1.29 is 19.3 Å². The number of hydrogen-bond acceptors (Lipinski definition) is 5. The number of rotatable bonds is 4. The summed E-state index contributed by atoms with van der Waals surface area (Å²) in [5.41, 5.74) is 0.0503. The van der Waals surface area contributed by atoms with Crippen molar-refractivity contribution in [2.24, 2.45) is 11.3 Å². The third kappa shape index (κ3) is 3.03. The molecule has 4 rings (SSSR count). The van der Waals surface area contributed by atoms with Gasteiger partial charge in [0.2, 0.25) is 0 Å². The van der Waals surface area contributed by atoms with Crippen LogP contribution in [0, 0.1) is 11.3 Å². The first-order valence-electron chi connectivity index (χ1n) is 9.96. The fourth-order valence-electron chi connectivity index (χ4n) is 5.42. The lowest BCUT2D eigenvalue weighted by Crippen LogP contribution is -2.62. The molecule has 2 heterocycles. The second kappa shape index (κ2) is 6.84. The van der Waals surface area contributed by atoms with Crippen LogP contribution in [-0.4, -0.2) is 67.5 Å². The highest BCUT2D eigenvalue weighted by Gasteiger charge is 2.56. The summed E-state index contributed by atoms with van der Waals surface area (Å²) < 4.78 is 17.6. The van der Waals surface area contributed by atoms with Crippen LogP contribution in [0.15, 0.2) is 0 Å². The van der Waals surface area contributed by atoms with Crippen LogP contribution >= 0.6 is 0 Å². The number of nitrogens with zero attached hydrogens (tertiary/aromatic N) is 1. The Labute approximate surface area is 145 Å². The lowest BCUT2D eigenvalue weighted by atomic mass is 9.58. The van der Waals surface area contributed by atoms with E-state index in [2.05, 4.69) is 11.8 Å². The minimum absolute atomic E-state index is 0.0503. The van der Waals surface area contributed by atoms with Gasteiger partial charge < -0.3 is 24.2 Å². The maximum absolute atomic E-state index is 10.3. The van der Waals surface area contributed by atoms with Crippen molar-refractivity contribution in [3.05, 3.63) is 0 Å². The van der Waals surface area contributed by atoms with Crippen molar-refractivity contribution in [1.29, 1.82) is 0 Å². The van der Waals surface area contributed by atoms with Crippen LogP contribution in [0.2, 0.25) is 0 Å². The molecular weight excluding hydrogens is 306 g/mol. The zero-order chi connectivity index (χ0) is 16.6.